The van der Waals surface area contributed by atoms with Crippen molar-refractivity contribution in [2.45, 2.75) is 61.8 Å². The summed E-state index contributed by atoms with van der Waals surface area (Å²) in [5, 5.41) is 0. The highest BCUT2D eigenvalue weighted by atomic mass is 14.2. The number of rotatable bonds is 2. The van der Waals surface area contributed by atoms with Gasteiger partial charge in [0.05, 0.1) is 0 Å². The fourth-order valence-corrected chi connectivity index (χ4v) is 2.16. The highest BCUT2D eigenvalue weighted by molar-refractivity contribution is 5.64. The molecular weight excluding hydrogens is 216 g/mol. The van der Waals surface area contributed by atoms with Gasteiger partial charge in [0.1, 0.15) is 0 Å². The zero-order chi connectivity index (χ0) is 14.1. The molecule has 1 aromatic rings. The lowest BCUT2D eigenvalue weighted by Gasteiger charge is -2.21. The van der Waals surface area contributed by atoms with Crippen molar-refractivity contribution in [2.75, 3.05) is 0 Å². The highest BCUT2D eigenvalue weighted by Crippen LogP contribution is 2.30. The van der Waals surface area contributed by atoms with Gasteiger partial charge in [0.15, 0.2) is 0 Å². The van der Waals surface area contributed by atoms with Gasteiger partial charge in [-0.1, -0.05) is 45.4 Å². The van der Waals surface area contributed by atoms with E-state index in [0.717, 1.165) is 6.42 Å². The van der Waals surface area contributed by atoms with Gasteiger partial charge in [-0.2, -0.15) is 0 Å². The minimum Gasteiger partial charge on any atom is -0.0673 e. The fourth-order valence-electron chi connectivity index (χ4n) is 2.16. The third-order valence-corrected chi connectivity index (χ3v) is 4.20. The molecule has 18 heavy (non-hydrogen) atoms. The van der Waals surface area contributed by atoms with Crippen LogP contribution in [0.25, 0.3) is 6.08 Å². The minimum atomic E-state index is 0.245. The molecule has 0 atom stereocenters. The molecule has 0 saturated heterocycles. The van der Waals surface area contributed by atoms with Crippen LogP contribution in [0.15, 0.2) is 11.6 Å². The minimum absolute atomic E-state index is 0.245. The van der Waals surface area contributed by atoms with Crippen molar-refractivity contribution in [2.24, 2.45) is 5.41 Å². The average Bonchev–Trinajstić information content (AvgIpc) is 2.27. The molecule has 0 amide bonds. The van der Waals surface area contributed by atoms with E-state index in [4.69, 9.17) is 0 Å². The first-order valence-corrected chi connectivity index (χ1v) is 6.97. The van der Waals surface area contributed by atoms with Crippen molar-refractivity contribution in [3.8, 4) is 0 Å². The molecule has 0 aliphatic heterocycles. The van der Waals surface area contributed by atoms with Gasteiger partial charge < -0.3 is 0 Å². The van der Waals surface area contributed by atoms with Crippen molar-refractivity contribution in [1.29, 1.82) is 0 Å². The van der Waals surface area contributed by atoms with E-state index in [1.54, 1.807) is 0 Å². The topological polar surface area (TPSA) is 0 Å². The van der Waals surface area contributed by atoms with Gasteiger partial charge in [-0.05, 0) is 67.3 Å². The summed E-state index contributed by atoms with van der Waals surface area (Å²) in [5.74, 6) is 0. The van der Waals surface area contributed by atoms with E-state index in [-0.39, 0.29) is 5.41 Å². The predicted molar refractivity (Wildman–Crippen MR) is 83.1 cm³/mol. The lowest BCUT2D eigenvalue weighted by Crippen LogP contribution is -2.07. The van der Waals surface area contributed by atoms with E-state index in [0.29, 0.717) is 0 Å². The molecule has 0 nitrogen and oxygen atoms in total. The Morgan fingerprint density at radius 3 is 2.11 bits per heavy atom. The van der Waals surface area contributed by atoms with Crippen molar-refractivity contribution in [1.82, 2.24) is 0 Å². The van der Waals surface area contributed by atoms with E-state index in [2.05, 4.69) is 67.5 Å². The van der Waals surface area contributed by atoms with E-state index in [9.17, 15) is 0 Å². The molecule has 0 N–H and O–H groups in total. The molecule has 0 heterocycles. The standard InChI is InChI=1S/C18H28/c1-9-16-10-12(2)14(4)17(15(16)5)11-13(3)18(6,7)8/h10-11H,9H2,1-8H3/b13-11+. The maximum Gasteiger partial charge on any atom is -0.0172 e. The number of hydrogen-bond donors (Lipinski definition) is 0. The van der Waals surface area contributed by atoms with E-state index >= 15 is 0 Å². The molecule has 0 bridgehead atoms. The summed E-state index contributed by atoms with van der Waals surface area (Å²) in [6.45, 7) is 18.0. The highest BCUT2D eigenvalue weighted by Gasteiger charge is 2.14. The molecule has 0 aliphatic rings. The normalized spacial score (nSPS) is 13.0. The van der Waals surface area contributed by atoms with Gasteiger partial charge in [-0.15, -0.1) is 0 Å². The van der Waals surface area contributed by atoms with Crippen molar-refractivity contribution < 1.29 is 0 Å². The second kappa shape index (κ2) is 5.30. The molecule has 0 saturated carbocycles. The van der Waals surface area contributed by atoms with Gasteiger partial charge in [0.25, 0.3) is 0 Å². The molecule has 1 rings (SSSR count). The summed E-state index contributed by atoms with van der Waals surface area (Å²) in [6.07, 6.45) is 3.50. The fraction of sp³-hybridized carbons (Fsp3) is 0.556. The molecule has 0 aliphatic carbocycles. The predicted octanol–water partition coefficient (Wildman–Crippen LogP) is 5.62. The van der Waals surface area contributed by atoms with E-state index in [1.807, 2.05) is 0 Å². The first-order valence-electron chi connectivity index (χ1n) is 6.97. The Morgan fingerprint density at radius 1 is 1.11 bits per heavy atom. The number of aryl methyl sites for hydroxylation is 2. The largest absolute Gasteiger partial charge is 0.0673 e. The third-order valence-electron chi connectivity index (χ3n) is 4.20. The Morgan fingerprint density at radius 2 is 1.67 bits per heavy atom. The van der Waals surface area contributed by atoms with Crippen LogP contribution in [-0.2, 0) is 6.42 Å². The molecule has 0 heteroatoms. The van der Waals surface area contributed by atoms with Gasteiger partial charge in [0.2, 0.25) is 0 Å². The number of allylic oxidation sites excluding steroid dienone is 1. The average molecular weight is 244 g/mol. The zero-order valence-electron chi connectivity index (χ0n) is 13.4. The summed E-state index contributed by atoms with van der Waals surface area (Å²) < 4.78 is 0. The lowest BCUT2D eigenvalue weighted by atomic mass is 9.84. The van der Waals surface area contributed by atoms with Crippen LogP contribution in [0.1, 0.15) is 62.4 Å². The van der Waals surface area contributed by atoms with Crippen LogP contribution in [0.3, 0.4) is 0 Å². The summed E-state index contributed by atoms with van der Waals surface area (Å²) in [6, 6.07) is 2.34. The maximum absolute atomic E-state index is 2.39. The molecule has 0 aromatic heterocycles. The SMILES string of the molecule is CCc1cc(C)c(C)c(/C=C(\C)C(C)(C)C)c1C. The van der Waals surface area contributed by atoms with Crippen LogP contribution in [0.2, 0.25) is 0 Å². The molecule has 1 aromatic carbocycles. The Labute approximate surface area is 113 Å². The van der Waals surface area contributed by atoms with Crippen LogP contribution in [0.5, 0.6) is 0 Å². The second-order valence-electron chi connectivity index (χ2n) is 6.45. The van der Waals surface area contributed by atoms with Crippen molar-refractivity contribution in [3.63, 3.8) is 0 Å². The summed E-state index contributed by atoms with van der Waals surface area (Å²) >= 11 is 0. The molecule has 0 spiro atoms. The van der Waals surface area contributed by atoms with Crippen LogP contribution in [-0.4, -0.2) is 0 Å². The van der Waals surface area contributed by atoms with Crippen molar-refractivity contribution in [3.05, 3.63) is 39.5 Å². The monoisotopic (exact) mass is 244 g/mol. The van der Waals surface area contributed by atoms with Crippen LogP contribution in [0, 0.1) is 26.2 Å². The van der Waals surface area contributed by atoms with Crippen molar-refractivity contribution >= 4 is 6.08 Å². The maximum atomic E-state index is 2.39. The summed E-state index contributed by atoms with van der Waals surface area (Å²) in [7, 11) is 0. The first kappa shape index (κ1) is 15.0. The Hall–Kier alpha value is -1.04. The van der Waals surface area contributed by atoms with Gasteiger partial charge in [-0.3, -0.25) is 0 Å². The molecule has 100 valence electrons. The van der Waals surface area contributed by atoms with Gasteiger partial charge >= 0.3 is 0 Å². The Kier molecular flexibility index (Phi) is 4.42. The Bertz CT molecular complexity index is 468. The van der Waals surface area contributed by atoms with Gasteiger partial charge in [0, 0.05) is 0 Å². The number of benzene rings is 1. The Balaban J connectivity index is 3.46. The quantitative estimate of drug-likeness (QED) is 0.633. The summed E-state index contributed by atoms with van der Waals surface area (Å²) in [4.78, 5) is 0. The van der Waals surface area contributed by atoms with E-state index in [1.165, 1.54) is 33.4 Å². The van der Waals surface area contributed by atoms with Crippen LogP contribution < -0.4 is 0 Å². The van der Waals surface area contributed by atoms with Gasteiger partial charge in [-0.25, -0.2) is 0 Å². The van der Waals surface area contributed by atoms with Crippen LogP contribution in [0.4, 0.5) is 0 Å². The lowest BCUT2D eigenvalue weighted by molar-refractivity contribution is 0.508. The zero-order valence-corrected chi connectivity index (χ0v) is 13.4. The van der Waals surface area contributed by atoms with E-state index < -0.39 is 0 Å². The molecule has 0 unspecified atom stereocenters. The molecule has 0 fully saturated rings. The third kappa shape index (κ3) is 3.04. The van der Waals surface area contributed by atoms with Crippen LogP contribution >= 0.6 is 0 Å². The number of hydrogen-bond acceptors (Lipinski definition) is 0. The molecule has 0 radical (unpaired) electrons. The first-order chi connectivity index (χ1) is 8.18. The summed E-state index contributed by atoms with van der Waals surface area (Å²) in [5.41, 5.74) is 8.88. The smallest absolute Gasteiger partial charge is 0.0172 e. The second-order valence-corrected chi connectivity index (χ2v) is 6.45. The molecular formula is C18H28.